The first-order valence-electron chi connectivity index (χ1n) is 10.3. The standard InChI is InChI=1S/C24H22N4O3/c29-23-27(19-10-8-18(9-11-19)17-5-2-1-3-6-17)21-7-4-14-25-22(21)28(23)20-12-15-26(16-13-20)24(30)31/h1-11,14,20H,12-13,15-16H2,(H,30,31). The van der Waals surface area contributed by atoms with E-state index in [4.69, 9.17) is 0 Å². The van der Waals surface area contributed by atoms with Crippen molar-refractivity contribution in [1.29, 1.82) is 0 Å². The van der Waals surface area contributed by atoms with E-state index < -0.39 is 6.09 Å². The van der Waals surface area contributed by atoms with Crippen LogP contribution in [0.4, 0.5) is 4.79 Å². The lowest BCUT2D eigenvalue weighted by Gasteiger charge is -2.30. The zero-order valence-electron chi connectivity index (χ0n) is 16.9. The van der Waals surface area contributed by atoms with E-state index in [9.17, 15) is 14.7 Å². The normalized spacial score (nSPS) is 14.8. The summed E-state index contributed by atoms with van der Waals surface area (Å²) < 4.78 is 3.43. The third-order valence-electron chi connectivity index (χ3n) is 5.97. The third kappa shape index (κ3) is 3.38. The lowest BCUT2D eigenvalue weighted by molar-refractivity contribution is 0.125. The maximum absolute atomic E-state index is 13.5. The van der Waals surface area contributed by atoms with E-state index in [1.54, 1.807) is 15.3 Å². The van der Waals surface area contributed by atoms with Crippen LogP contribution in [0.2, 0.25) is 0 Å². The quantitative estimate of drug-likeness (QED) is 0.546. The zero-order chi connectivity index (χ0) is 21.4. The number of imidazole rings is 1. The highest BCUT2D eigenvalue weighted by molar-refractivity contribution is 5.75. The summed E-state index contributed by atoms with van der Waals surface area (Å²) in [6.45, 7) is 0.829. The second kappa shape index (κ2) is 7.75. The minimum Gasteiger partial charge on any atom is -0.465 e. The molecule has 2 aromatic carbocycles. The number of aromatic nitrogens is 3. The molecule has 0 radical (unpaired) electrons. The molecule has 31 heavy (non-hydrogen) atoms. The molecular weight excluding hydrogens is 392 g/mol. The first-order chi connectivity index (χ1) is 15.1. The van der Waals surface area contributed by atoms with E-state index in [2.05, 4.69) is 17.1 Å². The van der Waals surface area contributed by atoms with Crippen molar-refractivity contribution in [2.24, 2.45) is 0 Å². The summed E-state index contributed by atoms with van der Waals surface area (Å²) in [7, 11) is 0. The van der Waals surface area contributed by atoms with Crippen molar-refractivity contribution >= 4 is 17.3 Å². The third-order valence-corrected chi connectivity index (χ3v) is 5.97. The summed E-state index contributed by atoms with van der Waals surface area (Å²) in [5.74, 6) is 0. The van der Waals surface area contributed by atoms with Crippen molar-refractivity contribution in [3.05, 3.63) is 83.4 Å². The Morgan fingerprint density at radius 3 is 2.26 bits per heavy atom. The molecule has 0 spiro atoms. The SMILES string of the molecule is O=C(O)N1CCC(n2c(=O)n(-c3ccc(-c4ccccc4)cc3)c3cccnc32)CC1. The number of pyridine rings is 1. The molecule has 156 valence electrons. The van der Waals surface area contributed by atoms with Crippen LogP contribution < -0.4 is 5.69 Å². The van der Waals surface area contributed by atoms with Gasteiger partial charge in [-0.05, 0) is 48.2 Å². The molecule has 1 fully saturated rings. The fourth-order valence-corrected chi connectivity index (χ4v) is 4.38. The van der Waals surface area contributed by atoms with E-state index in [0.29, 0.717) is 31.6 Å². The number of rotatable bonds is 3. The first kappa shape index (κ1) is 19.1. The smallest absolute Gasteiger partial charge is 0.407 e. The summed E-state index contributed by atoms with van der Waals surface area (Å²) in [4.78, 5) is 30.6. The molecule has 0 saturated carbocycles. The van der Waals surface area contributed by atoms with E-state index in [0.717, 1.165) is 22.3 Å². The molecule has 0 aliphatic carbocycles. The van der Waals surface area contributed by atoms with Crippen molar-refractivity contribution in [3.63, 3.8) is 0 Å². The average Bonchev–Trinajstić information content (AvgIpc) is 3.11. The Hall–Kier alpha value is -3.87. The zero-order valence-corrected chi connectivity index (χ0v) is 16.9. The second-order valence-electron chi connectivity index (χ2n) is 7.75. The van der Waals surface area contributed by atoms with Gasteiger partial charge >= 0.3 is 11.8 Å². The van der Waals surface area contributed by atoms with Gasteiger partial charge in [-0.15, -0.1) is 0 Å². The van der Waals surface area contributed by atoms with Crippen LogP contribution in [0.1, 0.15) is 18.9 Å². The van der Waals surface area contributed by atoms with E-state index >= 15 is 0 Å². The Balaban J connectivity index is 1.55. The molecule has 2 aromatic heterocycles. The molecular formula is C24H22N4O3. The Labute approximate surface area is 178 Å². The lowest BCUT2D eigenvalue weighted by atomic mass is 10.1. The number of likely N-dealkylation sites (tertiary alicyclic amines) is 1. The Morgan fingerprint density at radius 1 is 0.903 bits per heavy atom. The molecule has 0 bridgehead atoms. The number of amides is 1. The lowest BCUT2D eigenvalue weighted by Crippen LogP contribution is -2.40. The van der Waals surface area contributed by atoms with Gasteiger partial charge in [0.1, 0.15) is 0 Å². The van der Waals surface area contributed by atoms with Crippen LogP contribution in [-0.4, -0.2) is 43.3 Å². The molecule has 3 heterocycles. The van der Waals surface area contributed by atoms with Gasteiger partial charge in [0.15, 0.2) is 5.65 Å². The highest BCUT2D eigenvalue weighted by Gasteiger charge is 2.27. The van der Waals surface area contributed by atoms with E-state index in [1.165, 1.54) is 4.90 Å². The highest BCUT2D eigenvalue weighted by atomic mass is 16.4. The van der Waals surface area contributed by atoms with Crippen LogP contribution in [0.15, 0.2) is 77.7 Å². The topological polar surface area (TPSA) is 80.4 Å². The predicted octanol–water partition coefficient (Wildman–Crippen LogP) is 4.17. The Bertz CT molecular complexity index is 1280. The van der Waals surface area contributed by atoms with Crippen molar-refractivity contribution < 1.29 is 9.90 Å². The van der Waals surface area contributed by atoms with Crippen molar-refractivity contribution in [3.8, 4) is 16.8 Å². The molecule has 1 N–H and O–H groups in total. The average molecular weight is 414 g/mol. The second-order valence-corrected chi connectivity index (χ2v) is 7.75. The maximum atomic E-state index is 13.5. The number of carbonyl (C=O) groups is 1. The van der Waals surface area contributed by atoms with Crippen LogP contribution in [0, 0.1) is 0 Å². The van der Waals surface area contributed by atoms with Crippen LogP contribution in [0.25, 0.3) is 28.0 Å². The molecule has 7 heteroatoms. The molecule has 4 aromatic rings. The molecule has 1 amide bonds. The summed E-state index contributed by atoms with van der Waals surface area (Å²) in [5, 5.41) is 9.22. The number of benzene rings is 2. The van der Waals surface area contributed by atoms with Gasteiger partial charge in [0.2, 0.25) is 0 Å². The number of piperidine rings is 1. The summed E-state index contributed by atoms with van der Waals surface area (Å²) in [5.41, 5.74) is 4.23. The number of nitrogens with zero attached hydrogens (tertiary/aromatic N) is 4. The summed E-state index contributed by atoms with van der Waals surface area (Å²) in [6, 6.07) is 21.7. The number of carboxylic acid groups (broad SMARTS) is 1. The van der Waals surface area contributed by atoms with E-state index in [-0.39, 0.29) is 11.7 Å². The van der Waals surface area contributed by atoms with Gasteiger partial charge in [-0.25, -0.2) is 14.6 Å². The van der Waals surface area contributed by atoms with Gasteiger partial charge < -0.3 is 10.0 Å². The van der Waals surface area contributed by atoms with Gasteiger partial charge in [-0.2, -0.15) is 0 Å². The van der Waals surface area contributed by atoms with Crippen LogP contribution >= 0.6 is 0 Å². The van der Waals surface area contributed by atoms with Crippen LogP contribution in [0.3, 0.4) is 0 Å². The number of hydrogen-bond donors (Lipinski definition) is 1. The maximum Gasteiger partial charge on any atom is 0.407 e. The predicted molar refractivity (Wildman–Crippen MR) is 119 cm³/mol. The molecule has 1 aliphatic rings. The van der Waals surface area contributed by atoms with Crippen molar-refractivity contribution in [2.45, 2.75) is 18.9 Å². The Morgan fingerprint density at radius 2 is 1.58 bits per heavy atom. The fourth-order valence-electron chi connectivity index (χ4n) is 4.38. The number of hydrogen-bond acceptors (Lipinski definition) is 3. The molecule has 0 unspecified atom stereocenters. The van der Waals surface area contributed by atoms with E-state index in [1.807, 2.05) is 54.6 Å². The molecule has 7 nitrogen and oxygen atoms in total. The Kier molecular flexibility index (Phi) is 4.78. The van der Waals surface area contributed by atoms with Crippen molar-refractivity contribution in [2.75, 3.05) is 13.1 Å². The first-order valence-corrected chi connectivity index (χ1v) is 10.3. The molecule has 1 saturated heterocycles. The van der Waals surface area contributed by atoms with Crippen LogP contribution in [0.5, 0.6) is 0 Å². The van der Waals surface area contributed by atoms with Gasteiger partial charge in [-0.3, -0.25) is 9.13 Å². The summed E-state index contributed by atoms with van der Waals surface area (Å²) in [6.07, 6.45) is 1.96. The largest absolute Gasteiger partial charge is 0.465 e. The molecule has 5 rings (SSSR count). The van der Waals surface area contributed by atoms with Crippen LogP contribution in [-0.2, 0) is 0 Å². The van der Waals surface area contributed by atoms with Gasteiger partial charge in [0.05, 0.1) is 11.2 Å². The fraction of sp³-hybridized carbons (Fsp3) is 0.208. The minimum atomic E-state index is -0.912. The summed E-state index contributed by atoms with van der Waals surface area (Å²) >= 11 is 0. The molecule has 0 atom stereocenters. The van der Waals surface area contributed by atoms with Gasteiger partial charge in [0, 0.05) is 25.3 Å². The minimum absolute atomic E-state index is 0.0784. The monoisotopic (exact) mass is 414 g/mol. The number of fused-ring (bicyclic) bond motifs is 1. The molecule has 1 aliphatic heterocycles. The van der Waals surface area contributed by atoms with Crippen molar-refractivity contribution in [1.82, 2.24) is 19.0 Å². The highest BCUT2D eigenvalue weighted by Crippen LogP contribution is 2.27. The van der Waals surface area contributed by atoms with Gasteiger partial charge in [0.25, 0.3) is 0 Å². The van der Waals surface area contributed by atoms with Gasteiger partial charge in [-0.1, -0.05) is 42.5 Å².